The van der Waals surface area contributed by atoms with Crippen LogP contribution in [0.5, 0.6) is 0 Å². The topological polar surface area (TPSA) is 52.8 Å². The zero-order valence-corrected chi connectivity index (χ0v) is 14.7. The van der Waals surface area contributed by atoms with Crippen molar-refractivity contribution in [2.45, 2.75) is 51.6 Å². The van der Waals surface area contributed by atoms with Crippen LogP contribution in [0.1, 0.15) is 40.5 Å². The van der Waals surface area contributed by atoms with Crippen molar-refractivity contribution in [2.24, 2.45) is 5.73 Å². The molecule has 0 fully saturated rings. The number of amides is 2. The van der Waals surface area contributed by atoms with Crippen LogP contribution in [-0.2, 0) is 0 Å². The van der Waals surface area contributed by atoms with E-state index in [-0.39, 0.29) is 17.1 Å². The van der Waals surface area contributed by atoms with E-state index in [0.29, 0.717) is 6.54 Å². The Morgan fingerprint density at radius 2 is 1.45 bits per heavy atom. The molecule has 120 valence electrons. The molecule has 2 N–H and O–H groups in total. The van der Waals surface area contributed by atoms with Gasteiger partial charge in [0.25, 0.3) is 0 Å². The standard InChI is InChI=1S/C15H34N4O/c1-14(2,18(7)8)12-15(3,4)19(13(16)20)11-9-10-17(5)6/h9-12H2,1-8H3,(H2,16,20). The van der Waals surface area contributed by atoms with Crippen LogP contribution >= 0.6 is 0 Å². The monoisotopic (exact) mass is 286 g/mol. The molecule has 5 nitrogen and oxygen atoms in total. The van der Waals surface area contributed by atoms with Crippen LogP contribution in [0.2, 0.25) is 0 Å². The van der Waals surface area contributed by atoms with Crippen molar-refractivity contribution < 1.29 is 4.79 Å². The third-order valence-corrected chi connectivity index (χ3v) is 4.06. The number of carbonyl (C=O) groups excluding carboxylic acids is 1. The van der Waals surface area contributed by atoms with Crippen molar-refractivity contribution in [3.63, 3.8) is 0 Å². The van der Waals surface area contributed by atoms with E-state index in [1.165, 1.54) is 0 Å². The van der Waals surface area contributed by atoms with E-state index >= 15 is 0 Å². The number of primary amides is 1. The molecule has 0 heterocycles. The third-order valence-electron chi connectivity index (χ3n) is 4.06. The summed E-state index contributed by atoms with van der Waals surface area (Å²) in [5.41, 5.74) is 5.35. The summed E-state index contributed by atoms with van der Waals surface area (Å²) in [5, 5.41) is 0. The first-order chi connectivity index (χ1) is 8.90. The molecule has 0 unspecified atom stereocenters. The largest absolute Gasteiger partial charge is 0.351 e. The van der Waals surface area contributed by atoms with Crippen LogP contribution in [0.15, 0.2) is 0 Å². The fraction of sp³-hybridized carbons (Fsp3) is 0.933. The lowest BCUT2D eigenvalue weighted by atomic mass is 9.84. The van der Waals surface area contributed by atoms with Gasteiger partial charge in [-0.3, -0.25) is 0 Å². The zero-order chi connectivity index (χ0) is 16.1. The number of urea groups is 1. The van der Waals surface area contributed by atoms with Gasteiger partial charge < -0.3 is 20.4 Å². The van der Waals surface area contributed by atoms with Crippen LogP contribution in [-0.4, -0.2) is 73.1 Å². The van der Waals surface area contributed by atoms with Gasteiger partial charge in [0, 0.05) is 17.6 Å². The van der Waals surface area contributed by atoms with Crippen LogP contribution in [0.3, 0.4) is 0 Å². The van der Waals surface area contributed by atoms with Gasteiger partial charge >= 0.3 is 6.03 Å². The second-order valence-electron chi connectivity index (χ2n) is 7.34. The molecule has 5 heteroatoms. The van der Waals surface area contributed by atoms with Crippen molar-refractivity contribution >= 4 is 6.03 Å². The maximum Gasteiger partial charge on any atom is 0.315 e. The first-order valence-corrected chi connectivity index (χ1v) is 7.29. The summed E-state index contributed by atoms with van der Waals surface area (Å²) in [4.78, 5) is 17.9. The zero-order valence-electron chi connectivity index (χ0n) is 14.7. The van der Waals surface area contributed by atoms with Gasteiger partial charge in [0.05, 0.1) is 0 Å². The molecule has 20 heavy (non-hydrogen) atoms. The number of nitrogens with two attached hydrogens (primary N) is 1. The second-order valence-corrected chi connectivity index (χ2v) is 7.34. The van der Waals surface area contributed by atoms with Crippen molar-refractivity contribution in [1.82, 2.24) is 14.7 Å². The second kappa shape index (κ2) is 7.27. The van der Waals surface area contributed by atoms with Gasteiger partial charge in [0.15, 0.2) is 0 Å². The molecule has 0 aliphatic heterocycles. The van der Waals surface area contributed by atoms with Gasteiger partial charge in [-0.15, -0.1) is 0 Å². The van der Waals surface area contributed by atoms with E-state index in [1.54, 1.807) is 0 Å². The normalized spacial score (nSPS) is 13.1. The molecule has 0 saturated carbocycles. The Hall–Kier alpha value is -0.810. The van der Waals surface area contributed by atoms with E-state index in [1.807, 2.05) is 19.0 Å². The highest BCUT2D eigenvalue weighted by Crippen LogP contribution is 2.28. The summed E-state index contributed by atoms with van der Waals surface area (Å²) < 4.78 is 0. The fourth-order valence-electron chi connectivity index (χ4n) is 2.57. The Kier molecular flexibility index (Phi) is 6.98. The quantitative estimate of drug-likeness (QED) is 0.740. The lowest BCUT2D eigenvalue weighted by Crippen LogP contribution is -2.56. The van der Waals surface area contributed by atoms with Gasteiger partial charge in [-0.25, -0.2) is 4.79 Å². The molecule has 0 rings (SSSR count). The van der Waals surface area contributed by atoms with Crippen LogP contribution in [0.4, 0.5) is 4.79 Å². The number of rotatable bonds is 8. The molecule has 0 aromatic rings. The molecule has 0 aliphatic rings. The Morgan fingerprint density at radius 1 is 0.950 bits per heavy atom. The molecule has 0 radical (unpaired) electrons. The molecule has 0 bridgehead atoms. The minimum atomic E-state index is -0.330. The number of hydrogen-bond acceptors (Lipinski definition) is 3. The summed E-state index contributed by atoms with van der Waals surface area (Å²) in [7, 11) is 8.21. The number of carbonyl (C=O) groups is 1. The summed E-state index contributed by atoms with van der Waals surface area (Å²) in [6.07, 6.45) is 1.81. The Balaban J connectivity index is 4.84. The SMILES string of the molecule is CN(C)CCCN(C(N)=O)C(C)(C)CC(C)(C)N(C)C. The average molecular weight is 286 g/mol. The predicted octanol–water partition coefficient (Wildman–Crippen LogP) is 1.83. The predicted molar refractivity (Wildman–Crippen MR) is 85.9 cm³/mol. The molecule has 0 spiro atoms. The number of hydrogen-bond donors (Lipinski definition) is 1. The Labute approximate surface area is 125 Å². The molecular formula is C15H34N4O. The van der Waals surface area contributed by atoms with E-state index in [0.717, 1.165) is 19.4 Å². The maximum atomic E-state index is 11.8. The van der Waals surface area contributed by atoms with E-state index in [9.17, 15) is 4.79 Å². The Bertz CT molecular complexity index is 311. The molecule has 0 saturated heterocycles. The minimum absolute atomic E-state index is 0.0126. The lowest BCUT2D eigenvalue weighted by Gasteiger charge is -2.45. The maximum absolute atomic E-state index is 11.8. The molecule has 0 aromatic carbocycles. The third kappa shape index (κ3) is 6.09. The molecule has 0 aromatic heterocycles. The first-order valence-electron chi connectivity index (χ1n) is 7.29. The first kappa shape index (κ1) is 19.2. The highest BCUT2D eigenvalue weighted by molar-refractivity contribution is 5.72. The van der Waals surface area contributed by atoms with Crippen LogP contribution < -0.4 is 5.73 Å². The van der Waals surface area contributed by atoms with Crippen molar-refractivity contribution in [1.29, 1.82) is 0 Å². The summed E-state index contributed by atoms with van der Waals surface area (Å²) in [6, 6.07) is -0.330. The van der Waals surface area contributed by atoms with E-state index in [2.05, 4.69) is 51.6 Å². The van der Waals surface area contributed by atoms with Crippen molar-refractivity contribution in [3.05, 3.63) is 0 Å². The highest BCUT2D eigenvalue weighted by Gasteiger charge is 2.36. The van der Waals surface area contributed by atoms with Gasteiger partial charge in [-0.05, 0) is 75.3 Å². The molecule has 0 atom stereocenters. The minimum Gasteiger partial charge on any atom is -0.351 e. The molecular weight excluding hydrogens is 252 g/mol. The van der Waals surface area contributed by atoms with Gasteiger partial charge in [0.1, 0.15) is 0 Å². The summed E-state index contributed by atoms with van der Waals surface area (Å²) >= 11 is 0. The van der Waals surface area contributed by atoms with E-state index in [4.69, 9.17) is 5.73 Å². The average Bonchev–Trinajstić information content (AvgIpc) is 2.21. The number of nitrogens with zero attached hydrogens (tertiary/aromatic N) is 3. The van der Waals surface area contributed by atoms with Crippen LogP contribution in [0.25, 0.3) is 0 Å². The fourth-order valence-corrected chi connectivity index (χ4v) is 2.57. The summed E-state index contributed by atoms with van der Waals surface area (Å²) in [6.45, 7) is 10.2. The van der Waals surface area contributed by atoms with Crippen LogP contribution in [0, 0.1) is 0 Å². The van der Waals surface area contributed by atoms with E-state index < -0.39 is 0 Å². The lowest BCUT2D eigenvalue weighted by molar-refractivity contribution is 0.0734. The smallest absolute Gasteiger partial charge is 0.315 e. The summed E-state index contributed by atoms with van der Waals surface area (Å²) in [5.74, 6) is 0. The Morgan fingerprint density at radius 3 is 1.80 bits per heavy atom. The highest BCUT2D eigenvalue weighted by atomic mass is 16.2. The van der Waals surface area contributed by atoms with Gasteiger partial charge in [-0.1, -0.05) is 0 Å². The van der Waals surface area contributed by atoms with Crippen molar-refractivity contribution in [2.75, 3.05) is 41.3 Å². The van der Waals surface area contributed by atoms with Gasteiger partial charge in [0.2, 0.25) is 0 Å². The van der Waals surface area contributed by atoms with Gasteiger partial charge in [-0.2, -0.15) is 0 Å². The van der Waals surface area contributed by atoms with Crippen molar-refractivity contribution in [3.8, 4) is 0 Å². The molecule has 0 aliphatic carbocycles. The molecule has 2 amide bonds.